The second kappa shape index (κ2) is 5.80. The minimum Gasteiger partial charge on any atom is -0.306 e. The molecule has 1 aromatic heterocycles. The lowest BCUT2D eigenvalue weighted by Gasteiger charge is -2.15. The van der Waals surface area contributed by atoms with Gasteiger partial charge in [-0.1, -0.05) is 29.8 Å². The Balaban J connectivity index is 1.99. The van der Waals surface area contributed by atoms with Gasteiger partial charge in [0.2, 0.25) is 0 Å². The van der Waals surface area contributed by atoms with Gasteiger partial charge >= 0.3 is 0 Å². The van der Waals surface area contributed by atoms with E-state index in [1.807, 2.05) is 36.4 Å². The molecule has 0 radical (unpaired) electrons. The molecule has 17 heavy (non-hydrogen) atoms. The minimum atomic E-state index is 0.233. The van der Waals surface area contributed by atoms with Gasteiger partial charge in [-0.25, -0.2) is 0 Å². The smallest absolute Gasteiger partial charge is 0.0453 e. The van der Waals surface area contributed by atoms with Gasteiger partial charge in [0, 0.05) is 30.0 Å². The summed E-state index contributed by atoms with van der Waals surface area (Å²) in [4.78, 5) is 4.00. The Morgan fingerprint density at radius 1 is 1.18 bits per heavy atom. The number of pyridine rings is 1. The van der Waals surface area contributed by atoms with Crippen LogP contribution in [0.2, 0.25) is 5.02 Å². The standard InChI is InChI=1S/C14H15ClN2/c1-11(13-4-2-3-5-14(13)15)17-10-12-6-8-16-9-7-12/h2-9,11,17H,10H2,1H3. The molecule has 0 fully saturated rings. The number of rotatable bonds is 4. The second-order valence-corrected chi connectivity index (χ2v) is 4.39. The molecule has 2 aromatic rings. The van der Waals surface area contributed by atoms with Crippen molar-refractivity contribution in [2.75, 3.05) is 0 Å². The Hall–Kier alpha value is -1.38. The summed E-state index contributed by atoms with van der Waals surface area (Å²) >= 11 is 6.15. The Morgan fingerprint density at radius 2 is 1.88 bits per heavy atom. The molecule has 88 valence electrons. The normalized spacial score (nSPS) is 12.4. The molecule has 0 aliphatic rings. The van der Waals surface area contributed by atoms with Crippen LogP contribution in [0.1, 0.15) is 24.1 Å². The molecular weight excluding hydrogens is 232 g/mol. The summed E-state index contributed by atoms with van der Waals surface area (Å²) in [5.41, 5.74) is 2.35. The number of aromatic nitrogens is 1. The van der Waals surface area contributed by atoms with Crippen LogP contribution in [0, 0.1) is 0 Å². The third-order valence-corrected chi connectivity index (χ3v) is 3.08. The van der Waals surface area contributed by atoms with Gasteiger partial charge in [0.05, 0.1) is 0 Å². The van der Waals surface area contributed by atoms with Gasteiger partial charge in [-0.2, -0.15) is 0 Å². The molecule has 2 rings (SSSR count). The first-order chi connectivity index (χ1) is 8.27. The van der Waals surface area contributed by atoms with E-state index in [9.17, 15) is 0 Å². The summed E-state index contributed by atoms with van der Waals surface area (Å²) in [6.45, 7) is 2.93. The first-order valence-electron chi connectivity index (χ1n) is 5.64. The quantitative estimate of drug-likeness (QED) is 0.892. The predicted molar refractivity (Wildman–Crippen MR) is 70.9 cm³/mol. The Labute approximate surface area is 107 Å². The fraction of sp³-hybridized carbons (Fsp3) is 0.214. The van der Waals surface area contributed by atoms with Crippen LogP contribution in [0.5, 0.6) is 0 Å². The lowest BCUT2D eigenvalue weighted by molar-refractivity contribution is 0.574. The maximum absolute atomic E-state index is 6.15. The lowest BCUT2D eigenvalue weighted by Crippen LogP contribution is -2.18. The molecule has 1 unspecified atom stereocenters. The van der Waals surface area contributed by atoms with E-state index >= 15 is 0 Å². The number of hydrogen-bond acceptors (Lipinski definition) is 2. The first-order valence-corrected chi connectivity index (χ1v) is 6.02. The highest BCUT2D eigenvalue weighted by molar-refractivity contribution is 6.31. The number of hydrogen-bond donors (Lipinski definition) is 1. The van der Waals surface area contributed by atoms with Gasteiger partial charge in [0.1, 0.15) is 0 Å². The van der Waals surface area contributed by atoms with Crippen molar-refractivity contribution in [2.24, 2.45) is 0 Å². The van der Waals surface area contributed by atoms with E-state index < -0.39 is 0 Å². The highest BCUT2D eigenvalue weighted by atomic mass is 35.5. The van der Waals surface area contributed by atoms with Crippen LogP contribution in [-0.4, -0.2) is 4.98 Å². The average Bonchev–Trinajstić information content (AvgIpc) is 2.38. The van der Waals surface area contributed by atoms with Gasteiger partial charge in [0.25, 0.3) is 0 Å². The fourth-order valence-electron chi connectivity index (χ4n) is 1.71. The van der Waals surface area contributed by atoms with Crippen molar-refractivity contribution in [2.45, 2.75) is 19.5 Å². The molecule has 1 aromatic carbocycles. The zero-order chi connectivity index (χ0) is 12.1. The summed E-state index contributed by atoms with van der Waals surface area (Å²) in [6, 6.07) is 12.2. The third-order valence-electron chi connectivity index (χ3n) is 2.73. The van der Waals surface area contributed by atoms with Crippen LogP contribution in [0.15, 0.2) is 48.8 Å². The van der Waals surface area contributed by atoms with Crippen molar-refractivity contribution in [1.82, 2.24) is 10.3 Å². The van der Waals surface area contributed by atoms with Gasteiger partial charge < -0.3 is 5.32 Å². The van der Waals surface area contributed by atoms with E-state index in [2.05, 4.69) is 17.2 Å². The van der Waals surface area contributed by atoms with Crippen LogP contribution in [0.4, 0.5) is 0 Å². The molecule has 1 heterocycles. The van der Waals surface area contributed by atoms with Crippen molar-refractivity contribution >= 4 is 11.6 Å². The summed E-state index contributed by atoms with van der Waals surface area (Å²) in [7, 11) is 0. The second-order valence-electron chi connectivity index (χ2n) is 3.98. The van der Waals surface area contributed by atoms with Gasteiger partial charge in [-0.3, -0.25) is 4.98 Å². The Morgan fingerprint density at radius 3 is 2.59 bits per heavy atom. The number of nitrogens with zero attached hydrogens (tertiary/aromatic N) is 1. The van der Waals surface area contributed by atoms with Crippen LogP contribution < -0.4 is 5.32 Å². The third kappa shape index (κ3) is 3.29. The molecule has 0 saturated heterocycles. The van der Waals surface area contributed by atoms with Crippen molar-refractivity contribution in [3.8, 4) is 0 Å². The van der Waals surface area contributed by atoms with E-state index in [0.29, 0.717) is 0 Å². The maximum Gasteiger partial charge on any atom is 0.0453 e. The van der Waals surface area contributed by atoms with E-state index in [1.54, 1.807) is 12.4 Å². The zero-order valence-corrected chi connectivity index (χ0v) is 10.5. The minimum absolute atomic E-state index is 0.233. The van der Waals surface area contributed by atoms with E-state index in [1.165, 1.54) is 5.56 Å². The average molecular weight is 247 g/mol. The first kappa shape index (κ1) is 12.1. The predicted octanol–water partition coefficient (Wildman–Crippen LogP) is 3.59. The van der Waals surface area contributed by atoms with Crippen molar-refractivity contribution in [3.05, 3.63) is 64.9 Å². The molecule has 0 aliphatic carbocycles. The summed E-state index contributed by atoms with van der Waals surface area (Å²) in [5.74, 6) is 0. The molecule has 0 aliphatic heterocycles. The van der Waals surface area contributed by atoms with Gasteiger partial charge in [-0.05, 0) is 36.2 Å². The molecular formula is C14H15ClN2. The fourth-order valence-corrected chi connectivity index (χ4v) is 2.01. The lowest BCUT2D eigenvalue weighted by atomic mass is 10.1. The molecule has 1 N–H and O–H groups in total. The number of halogens is 1. The Kier molecular flexibility index (Phi) is 4.13. The molecule has 3 heteroatoms. The largest absolute Gasteiger partial charge is 0.306 e. The maximum atomic E-state index is 6.15. The van der Waals surface area contributed by atoms with Crippen molar-refractivity contribution < 1.29 is 0 Å². The van der Waals surface area contributed by atoms with E-state index in [0.717, 1.165) is 17.1 Å². The highest BCUT2D eigenvalue weighted by Gasteiger charge is 2.07. The summed E-state index contributed by atoms with van der Waals surface area (Å²) < 4.78 is 0. The van der Waals surface area contributed by atoms with Crippen molar-refractivity contribution in [3.63, 3.8) is 0 Å². The molecule has 0 saturated carbocycles. The van der Waals surface area contributed by atoms with Crippen LogP contribution in [0.3, 0.4) is 0 Å². The molecule has 0 spiro atoms. The van der Waals surface area contributed by atoms with Crippen LogP contribution in [-0.2, 0) is 6.54 Å². The van der Waals surface area contributed by atoms with E-state index in [-0.39, 0.29) is 6.04 Å². The summed E-state index contributed by atoms with van der Waals surface area (Å²) in [6.07, 6.45) is 3.61. The molecule has 0 bridgehead atoms. The number of benzene rings is 1. The number of nitrogens with one attached hydrogen (secondary N) is 1. The van der Waals surface area contributed by atoms with Crippen LogP contribution in [0.25, 0.3) is 0 Å². The zero-order valence-electron chi connectivity index (χ0n) is 9.73. The Bertz CT molecular complexity index is 471. The highest BCUT2D eigenvalue weighted by Crippen LogP contribution is 2.22. The van der Waals surface area contributed by atoms with Gasteiger partial charge in [-0.15, -0.1) is 0 Å². The monoisotopic (exact) mass is 246 g/mol. The molecule has 2 nitrogen and oxygen atoms in total. The van der Waals surface area contributed by atoms with Gasteiger partial charge in [0.15, 0.2) is 0 Å². The van der Waals surface area contributed by atoms with E-state index in [4.69, 9.17) is 11.6 Å². The summed E-state index contributed by atoms with van der Waals surface area (Å²) in [5, 5.41) is 4.25. The molecule has 1 atom stereocenters. The SMILES string of the molecule is CC(NCc1ccncc1)c1ccccc1Cl. The van der Waals surface area contributed by atoms with Crippen molar-refractivity contribution in [1.29, 1.82) is 0 Å². The van der Waals surface area contributed by atoms with Crippen LogP contribution >= 0.6 is 11.6 Å². The topological polar surface area (TPSA) is 24.9 Å². The molecule has 0 amide bonds.